The number of aliphatic hydroxyl groups is 1. The number of hydrogen-bond donors (Lipinski definition) is 2. The number of nitrogens with one attached hydrogen (secondary N) is 1. The summed E-state index contributed by atoms with van der Waals surface area (Å²) in [5.41, 5.74) is 0.647. The third-order valence-electron chi connectivity index (χ3n) is 2.55. The van der Waals surface area contributed by atoms with Gasteiger partial charge in [0.15, 0.2) is 5.60 Å². The zero-order valence-corrected chi connectivity index (χ0v) is 10.4. The van der Waals surface area contributed by atoms with E-state index in [0.717, 1.165) is 11.1 Å². The van der Waals surface area contributed by atoms with Gasteiger partial charge in [-0.05, 0) is 31.0 Å². The number of aromatic nitrogens is 1. The van der Waals surface area contributed by atoms with Crippen molar-refractivity contribution in [2.45, 2.75) is 26.0 Å². The molecule has 0 saturated heterocycles. The van der Waals surface area contributed by atoms with Gasteiger partial charge in [0.25, 0.3) is 0 Å². The Balaban J connectivity index is 2.48. The fourth-order valence-electron chi connectivity index (χ4n) is 1.43. The molecule has 17 heavy (non-hydrogen) atoms. The number of rotatable bonds is 5. The van der Waals surface area contributed by atoms with E-state index in [9.17, 15) is 9.90 Å². The molecule has 0 aliphatic heterocycles. The molecule has 2 N–H and O–H groups in total. The molecule has 1 rings (SSSR count). The van der Waals surface area contributed by atoms with E-state index in [4.69, 9.17) is 0 Å². The molecule has 0 radical (unpaired) electrons. The molecule has 5 heteroatoms. The second kappa shape index (κ2) is 5.75. The first-order valence-electron chi connectivity index (χ1n) is 5.38. The van der Waals surface area contributed by atoms with Crippen LogP contribution in [0, 0.1) is 6.92 Å². The average Bonchev–Trinajstić information content (AvgIpc) is 2.30. The molecule has 1 heterocycles. The maximum absolute atomic E-state index is 11.2. The van der Waals surface area contributed by atoms with Gasteiger partial charge in [0.05, 0.1) is 7.11 Å². The zero-order chi connectivity index (χ0) is 12.9. The Hall–Kier alpha value is -1.46. The highest BCUT2D eigenvalue weighted by atomic mass is 16.5. The van der Waals surface area contributed by atoms with Crippen LogP contribution in [-0.2, 0) is 16.1 Å². The molecule has 0 bridgehead atoms. The smallest absolute Gasteiger partial charge is 0.338 e. The van der Waals surface area contributed by atoms with Gasteiger partial charge >= 0.3 is 5.97 Å². The molecule has 1 aromatic rings. The van der Waals surface area contributed by atoms with Crippen LogP contribution in [0.3, 0.4) is 0 Å². The third-order valence-corrected chi connectivity index (χ3v) is 2.55. The molecule has 94 valence electrons. The summed E-state index contributed by atoms with van der Waals surface area (Å²) in [5.74, 6) is -0.642. The highest BCUT2D eigenvalue weighted by molar-refractivity contribution is 5.78. The van der Waals surface area contributed by atoms with E-state index >= 15 is 0 Å². The van der Waals surface area contributed by atoms with Crippen LogP contribution in [0.15, 0.2) is 18.5 Å². The molecule has 1 aromatic heterocycles. The molecule has 0 spiro atoms. The topological polar surface area (TPSA) is 71.5 Å². The number of carbonyl (C=O) groups is 1. The first-order chi connectivity index (χ1) is 7.97. The second-order valence-corrected chi connectivity index (χ2v) is 4.17. The van der Waals surface area contributed by atoms with Gasteiger partial charge in [0.2, 0.25) is 0 Å². The van der Waals surface area contributed by atoms with Crippen molar-refractivity contribution in [1.82, 2.24) is 10.3 Å². The summed E-state index contributed by atoms with van der Waals surface area (Å²) >= 11 is 0. The van der Waals surface area contributed by atoms with E-state index in [1.54, 1.807) is 12.4 Å². The van der Waals surface area contributed by atoms with Crippen molar-refractivity contribution in [3.05, 3.63) is 29.6 Å². The van der Waals surface area contributed by atoms with Crippen LogP contribution in [0.4, 0.5) is 0 Å². The minimum atomic E-state index is -1.50. The van der Waals surface area contributed by atoms with Gasteiger partial charge in [-0.3, -0.25) is 4.98 Å². The van der Waals surface area contributed by atoms with Crippen LogP contribution in [-0.4, -0.2) is 35.3 Å². The van der Waals surface area contributed by atoms with Gasteiger partial charge in [0.1, 0.15) is 0 Å². The number of ether oxygens (including phenoxy) is 1. The molecule has 1 atom stereocenters. The Morgan fingerprint density at radius 3 is 2.94 bits per heavy atom. The largest absolute Gasteiger partial charge is 0.467 e. The van der Waals surface area contributed by atoms with Crippen molar-refractivity contribution >= 4 is 5.97 Å². The lowest BCUT2D eigenvalue weighted by molar-refractivity contribution is -0.159. The van der Waals surface area contributed by atoms with Crippen molar-refractivity contribution in [2.24, 2.45) is 0 Å². The van der Waals surface area contributed by atoms with Gasteiger partial charge in [0, 0.05) is 25.5 Å². The minimum absolute atomic E-state index is 0.140. The van der Waals surface area contributed by atoms with E-state index in [2.05, 4.69) is 15.0 Å². The molecule has 0 saturated carbocycles. The molecule has 0 aliphatic carbocycles. The number of carbonyl (C=O) groups excluding carboxylic acids is 1. The summed E-state index contributed by atoms with van der Waals surface area (Å²) in [6.07, 6.45) is 3.48. The molecule has 0 aliphatic rings. The molecular weight excluding hydrogens is 220 g/mol. The Bertz CT molecular complexity index is 391. The lowest BCUT2D eigenvalue weighted by Crippen LogP contribution is -2.45. The van der Waals surface area contributed by atoms with Gasteiger partial charge < -0.3 is 15.2 Å². The number of esters is 1. The second-order valence-electron chi connectivity index (χ2n) is 4.17. The van der Waals surface area contributed by atoms with Crippen LogP contribution >= 0.6 is 0 Å². The first-order valence-corrected chi connectivity index (χ1v) is 5.38. The molecule has 5 nitrogen and oxygen atoms in total. The average molecular weight is 238 g/mol. The summed E-state index contributed by atoms with van der Waals surface area (Å²) in [6, 6.07) is 1.90. The molecule has 0 aromatic carbocycles. The summed E-state index contributed by atoms with van der Waals surface area (Å²) < 4.78 is 4.50. The van der Waals surface area contributed by atoms with E-state index in [1.807, 2.05) is 13.0 Å². The number of nitrogens with zero attached hydrogens (tertiary/aromatic N) is 1. The standard InChI is InChI=1S/C12H18N2O3/c1-9-6-13-5-4-10(9)7-14-8-12(2,16)11(15)17-3/h4-6,14,16H,7-8H2,1-3H3. The quantitative estimate of drug-likeness (QED) is 0.727. The van der Waals surface area contributed by atoms with Gasteiger partial charge in [-0.15, -0.1) is 0 Å². The Morgan fingerprint density at radius 1 is 1.65 bits per heavy atom. The maximum atomic E-state index is 11.2. The molecule has 0 fully saturated rings. The van der Waals surface area contributed by atoms with E-state index in [1.165, 1.54) is 14.0 Å². The number of pyridine rings is 1. The van der Waals surface area contributed by atoms with Gasteiger partial charge in [-0.25, -0.2) is 4.79 Å². The predicted molar refractivity (Wildman–Crippen MR) is 63.3 cm³/mol. The SMILES string of the molecule is COC(=O)C(C)(O)CNCc1ccncc1C. The van der Waals surface area contributed by atoms with Crippen molar-refractivity contribution in [1.29, 1.82) is 0 Å². The maximum Gasteiger partial charge on any atom is 0.338 e. The fourth-order valence-corrected chi connectivity index (χ4v) is 1.43. The van der Waals surface area contributed by atoms with Crippen LogP contribution in [0.5, 0.6) is 0 Å². The lowest BCUT2D eigenvalue weighted by atomic mass is 10.1. The summed E-state index contributed by atoms with van der Waals surface area (Å²) in [5, 5.41) is 12.8. The Labute approximate surface area is 101 Å². The number of methoxy groups -OCH3 is 1. The van der Waals surface area contributed by atoms with E-state index < -0.39 is 11.6 Å². The van der Waals surface area contributed by atoms with Crippen LogP contribution in [0.2, 0.25) is 0 Å². The summed E-state index contributed by atoms with van der Waals surface area (Å²) in [7, 11) is 1.25. The minimum Gasteiger partial charge on any atom is -0.467 e. The summed E-state index contributed by atoms with van der Waals surface area (Å²) in [6.45, 7) is 4.09. The number of aryl methyl sites for hydroxylation is 1. The third kappa shape index (κ3) is 3.80. The van der Waals surface area contributed by atoms with Crippen LogP contribution in [0.25, 0.3) is 0 Å². The van der Waals surface area contributed by atoms with Crippen molar-refractivity contribution in [3.8, 4) is 0 Å². The molecule has 0 amide bonds. The highest BCUT2D eigenvalue weighted by Crippen LogP contribution is 2.07. The first kappa shape index (κ1) is 13.6. The van der Waals surface area contributed by atoms with Crippen LogP contribution < -0.4 is 5.32 Å². The molecular formula is C12H18N2O3. The van der Waals surface area contributed by atoms with Crippen molar-refractivity contribution < 1.29 is 14.6 Å². The van der Waals surface area contributed by atoms with E-state index in [0.29, 0.717) is 6.54 Å². The predicted octanol–water partition coefficient (Wildman–Crippen LogP) is 0.404. The highest BCUT2D eigenvalue weighted by Gasteiger charge is 2.30. The van der Waals surface area contributed by atoms with E-state index in [-0.39, 0.29) is 6.54 Å². The Morgan fingerprint density at radius 2 is 2.35 bits per heavy atom. The van der Waals surface area contributed by atoms with Gasteiger partial charge in [-0.1, -0.05) is 0 Å². The number of hydrogen-bond acceptors (Lipinski definition) is 5. The van der Waals surface area contributed by atoms with Crippen molar-refractivity contribution in [3.63, 3.8) is 0 Å². The zero-order valence-electron chi connectivity index (χ0n) is 10.4. The van der Waals surface area contributed by atoms with Crippen molar-refractivity contribution in [2.75, 3.05) is 13.7 Å². The molecule has 1 unspecified atom stereocenters. The normalized spacial score (nSPS) is 14.1. The fraction of sp³-hybridized carbons (Fsp3) is 0.500. The van der Waals surface area contributed by atoms with Crippen LogP contribution in [0.1, 0.15) is 18.1 Å². The van der Waals surface area contributed by atoms with Gasteiger partial charge in [-0.2, -0.15) is 0 Å². The monoisotopic (exact) mass is 238 g/mol. The Kier molecular flexibility index (Phi) is 4.60. The summed E-state index contributed by atoms with van der Waals surface area (Å²) in [4.78, 5) is 15.2. The lowest BCUT2D eigenvalue weighted by Gasteiger charge is -2.20.